The minimum absolute atomic E-state index is 0.120. The molecule has 4 nitrogen and oxygen atoms in total. The minimum Gasteiger partial charge on any atom is -0.381 e. The molecule has 0 bridgehead atoms. The summed E-state index contributed by atoms with van der Waals surface area (Å²) in [7, 11) is 0. The molecule has 2 rings (SSSR count). The van der Waals surface area contributed by atoms with Gasteiger partial charge in [-0.3, -0.25) is 4.79 Å². The van der Waals surface area contributed by atoms with Crippen molar-refractivity contribution in [2.24, 2.45) is 0 Å². The molecule has 1 amide bonds. The quantitative estimate of drug-likeness (QED) is 0.902. The van der Waals surface area contributed by atoms with E-state index in [9.17, 15) is 9.18 Å². The molecule has 0 unspecified atom stereocenters. The number of amides is 1. The number of benzene rings is 1. The predicted octanol–water partition coefficient (Wildman–Crippen LogP) is 3.18. The van der Waals surface area contributed by atoms with E-state index in [4.69, 9.17) is 5.73 Å². The first-order valence-corrected chi connectivity index (χ1v) is 6.30. The third-order valence-corrected chi connectivity index (χ3v) is 3.00. The molecular formula is C15H16FN3O. The van der Waals surface area contributed by atoms with Crippen LogP contribution in [0.3, 0.4) is 0 Å². The van der Waals surface area contributed by atoms with Crippen LogP contribution in [0.15, 0.2) is 36.5 Å². The maximum absolute atomic E-state index is 13.7. The van der Waals surface area contributed by atoms with E-state index >= 15 is 0 Å². The number of hydrogen-bond acceptors (Lipinski definition) is 3. The van der Waals surface area contributed by atoms with Crippen LogP contribution in [0.4, 0.5) is 15.9 Å². The number of carbonyl (C=O) groups excluding carboxylic acids is 1. The monoisotopic (exact) mass is 273 g/mol. The lowest BCUT2D eigenvalue weighted by atomic mass is 10.0. The van der Waals surface area contributed by atoms with Crippen molar-refractivity contribution < 1.29 is 9.18 Å². The van der Waals surface area contributed by atoms with E-state index in [2.05, 4.69) is 24.1 Å². The molecule has 3 N–H and O–H groups in total. The molecule has 0 radical (unpaired) electrons. The van der Waals surface area contributed by atoms with Gasteiger partial charge < -0.3 is 11.1 Å². The summed E-state index contributed by atoms with van der Waals surface area (Å²) < 4.78 is 13.7. The Morgan fingerprint density at radius 2 is 1.90 bits per heavy atom. The van der Waals surface area contributed by atoms with Crippen LogP contribution in [0.1, 0.15) is 35.7 Å². The summed E-state index contributed by atoms with van der Waals surface area (Å²) >= 11 is 0. The van der Waals surface area contributed by atoms with Crippen LogP contribution < -0.4 is 11.1 Å². The fourth-order valence-electron chi connectivity index (χ4n) is 1.79. The fourth-order valence-corrected chi connectivity index (χ4v) is 1.79. The van der Waals surface area contributed by atoms with Gasteiger partial charge >= 0.3 is 0 Å². The van der Waals surface area contributed by atoms with E-state index in [-0.39, 0.29) is 11.4 Å². The number of hydrogen-bond donors (Lipinski definition) is 2. The van der Waals surface area contributed by atoms with Crippen molar-refractivity contribution in [2.45, 2.75) is 19.8 Å². The van der Waals surface area contributed by atoms with Crippen LogP contribution in [0.2, 0.25) is 0 Å². The van der Waals surface area contributed by atoms with E-state index in [0.717, 1.165) is 0 Å². The molecule has 104 valence electrons. The zero-order valence-electron chi connectivity index (χ0n) is 11.4. The van der Waals surface area contributed by atoms with Gasteiger partial charge in [0.15, 0.2) is 11.6 Å². The molecule has 0 aliphatic rings. The van der Waals surface area contributed by atoms with Crippen molar-refractivity contribution >= 4 is 17.4 Å². The van der Waals surface area contributed by atoms with Gasteiger partial charge in [0.25, 0.3) is 5.91 Å². The molecule has 0 spiro atoms. The fraction of sp³-hybridized carbons (Fsp3) is 0.200. The highest BCUT2D eigenvalue weighted by atomic mass is 19.1. The Balaban J connectivity index is 2.17. The van der Waals surface area contributed by atoms with Crippen molar-refractivity contribution in [3.05, 3.63) is 53.5 Å². The Labute approximate surface area is 116 Å². The Hall–Kier alpha value is -2.43. The summed E-state index contributed by atoms with van der Waals surface area (Å²) in [6.07, 6.45) is 1.30. The standard InChI is InChI=1S/C15H16FN3O/c1-9(2)10-3-5-11(6-4-10)19-15(20)12-7-8-18-14(17)13(12)16/h3-9H,1-2H3,(H2,17,18)(H,19,20). The lowest BCUT2D eigenvalue weighted by Gasteiger charge is -2.09. The zero-order valence-corrected chi connectivity index (χ0v) is 11.4. The summed E-state index contributed by atoms with van der Waals surface area (Å²) in [5, 5.41) is 2.63. The first-order chi connectivity index (χ1) is 9.49. The lowest BCUT2D eigenvalue weighted by molar-refractivity contribution is 0.102. The van der Waals surface area contributed by atoms with Crippen molar-refractivity contribution in [1.29, 1.82) is 0 Å². The van der Waals surface area contributed by atoms with Gasteiger partial charge in [-0.05, 0) is 29.7 Å². The maximum Gasteiger partial charge on any atom is 0.258 e. The SMILES string of the molecule is CC(C)c1ccc(NC(=O)c2ccnc(N)c2F)cc1. The van der Waals surface area contributed by atoms with Crippen LogP contribution in [-0.2, 0) is 0 Å². The van der Waals surface area contributed by atoms with Gasteiger partial charge in [0.05, 0.1) is 5.56 Å². The zero-order chi connectivity index (χ0) is 14.7. The second-order valence-electron chi connectivity index (χ2n) is 4.79. The van der Waals surface area contributed by atoms with Crippen molar-refractivity contribution in [1.82, 2.24) is 4.98 Å². The molecule has 0 aliphatic carbocycles. The number of rotatable bonds is 3. The van der Waals surface area contributed by atoms with Crippen LogP contribution in [-0.4, -0.2) is 10.9 Å². The summed E-state index contributed by atoms with van der Waals surface area (Å²) in [4.78, 5) is 15.6. The number of nitrogen functional groups attached to an aromatic ring is 1. The van der Waals surface area contributed by atoms with Crippen LogP contribution in [0.5, 0.6) is 0 Å². The van der Waals surface area contributed by atoms with Crippen molar-refractivity contribution in [2.75, 3.05) is 11.1 Å². The molecule has 5 heteroatoms. The Morgan fingerprint density at radius 1 is 1.25 bits per heavy atom. The molecule has 1 aromatic carbocycles. The summed E-state index contributed by atoms with van der Waals surface area (Å²) in [6.45, 7) is 4.17. The average Bonchev–Trinajstić information content (AvgIpc) is 2.42. The Bertz CT molecular complexity index is 624. The summed E-state index contributed by atoms with van der Waals surface area (Å²) in [6, 6.07) is 8.73. The highest BCUT2D eigenvalue weighted by Gasteiger charge is 2.14. The topological polar surface area (TPSA) is 68.0 Å². The van der Waals surface area contributed by atoms with Gasteiger partial charge in [-0.25, -0.2) is 9.37 Å². The lowest BCUT2D eigenvalue weighted by Crippen LogP contribution is -2.15. The van der Waals surface area contributed by atoms with E-state index < -0.39 is 11.7 Å². The van der Waals surface area contributed by atoms with Crippen LogP contribution in [0, 0.1) is 5.82 Å². The molecule has 0 saturated carbocycles. The molecule has 2 aromatic rings. The second kappa shape index (κ2) is 5.69. The largest absolute Gasteiger partial charge is 0.381 e. The molecule has 1 heterocycles. The molecule has 0 atom stereocenters. The molecule has 0 saturated heterocycles. The van der Waals surface area contributed by atoms with Crippen molar-refractivity contribution in [3.63, 3.8) is 0 Å². The number of anilines is 2. The van der Waals surface area contributed by atoms with Gasteiger partial charge in [0.2, 0.25) is 0 Å². The smallest absolute Gasteiger partial charge is 0.258 e. The van der Waals surface area contributed by atoms with E-state index in [1.165, 1.54) is 17.8 Å². The van der Waals surface area contributed by atoms with Crippen LogP contribution >= 0.6 is 0 Å². The number of carbonyl (C=O) groups is 1. The Kier molecular flexibility index (Phi) is 3.98. The number of aromatic nitrogens is 1. The van der Waals surface area contributed by atoms with E-state index in [1.54, 1.807) is 12.1 Å². The van der Waals surface area contributed by atoms with Gasteiger partial charge in [0, 0.05) is 11.9 Å². The van der Waals surface area contributed by atoms with Gasteiger partial charge in [-0.2, -0.15) is 0 Å². The first-order valence-electron chi connectivity index (χ1n) is 6.30. The third kappa shape index (κ3) is 2.93. The molecule has 0 fully saturated rings. The molecular weight excluding hydrogens is 257 g/mol. The summed E-state index contributed by atoms with van der Waals surface area (Å²) in [5.41, 5.74) is 6.99. The summed E-state index contributed by atoms with van der Waals surface area (Å²) in [5.74, 6) is -1.22. The number of nitrogens with two attached hydrogens (primary N) is 1. The van der Waals surface area contributed by atoms with E-state index in [0.29, 0.717) is 11.6 Å². The van der Waals surface area contributed by atoms with Gasteiger partial charge in [-0.1, -0.05) is 26.0 Å². The van der Waals surface area contributed by atoms with Crippen LogP contribution in [0.25, 0.3) is 0 Å². The Morgan fingerprint density at radius 3 is 2.50 bits per heavy atom. The van der Waals surface area contributed by atoms with Gasteiger partial charge in [-0.15, -0.1) is 0 Å². The molecule has 0 aliphatic heterocycles. The average molecular weight is 273 g/mol. The normalized spacial score (nSPS) is 10.6. The van der Waals surface area contributed by atoms with Gasteiger partial charge in [0.1, 0.15) is 0 Å². The number of nitrogens with one attached hydrogen (secondary N) is 1. The highest BCUT2D eigenvalue weighted by molar-refractivity contribution is 6.04. The third-order valence-electron chi connectivity index (χ3n) is 3.00. The minimum atomic E-state index is -0.802. The molecule has 1 aromatic heterocycles. The predicted molar refractivity (Wildman–Crippen MR) is 77.1 cm³/mol. The number of pyridine rings is 1. The first kappa shape index (κ1) is 14.0. The van der Waals surface area contributed by atoms with Crippen molar-refractivity contribution in [3.8, 4) is 0 Å². The molecule has 20 heavy (non-hydrogen) atoms. The number of halogens is 1. The highest BCUT2D eigenvalue weighted by Crippen LogP contribution is 2.18. The van der Waals surface area contributed by atoms with E-state index in [1.807, 2.05) is 12.1 Å². The number of nitrogens with zero attached hydrogens (tertiary/aromatic N) is 1. The second-order valence-corrected chi connectivity index (χ2v) is 4.79. The maximum atomic E-state index is 13.7.